The summed E-state index contributed by atoms with van der Waals surface area (Å²) in [5.74, 6) is 0.237. The zero-order valence-corrected chi connectivity index (χ0v) is 12.8. The molecule has 0 aromatic heterocycles. The normalized spacial score (nSPS) is 11.2. The van der Waals surface area contributed by atoms with Crippen LogP contribution >= 0.6 is 0 Å². The second kappa shape index (κ2) is 5.60. The highest BCUT2D eigenvalue weighted by Gasteiger charge is 2.19. The number of ether oxygens (including phenoxy) is 1. The summed E-state index contributed by atoms with van der Waals surface area (Å²) in [5.41, 5.74) is 2.12. The minimum atomic E-state index is -0.402. The van der Waals surface area contributed by atoms with Crippen LogP contribution in [-0.4, -0.2) is 11.1 Å². The van der Waals surface area contributed by atoms with Crippen LogP contribution < -0.4 is 4.74 Å². The van der Waals surface area contributed by atoms with Crippen molar-refractivity contribution in [1.82, 2.24) is 0 Å². The van der Waals surface area contributed by atoms with E-state index < -0.39 is 5.97 Å². The predicted molar refractivity (Wildman–Crippen MR) is 82.9 cm³/mol. The van der Waals surface area contributed by atoms with E-state index in [-0.39, 0.29) is 11.2 Å². The van der Waals surface area contributed by atoms with Gasteiger partial charge in [-0.15, -0.1) is 0 Å². The van der Waals surface area contributed by atoms with E-state index >= 15 is 0 Å². The van der Waals surface area contributed by atoms with Crippen LogP contribution in [0, 0.1) is 6.92 Å². The third-order valence-corrected chi connectivity index (χ3v) is 3.27. The fraction of sp³-hybridized carbons (Fsp3) is 0.278. The molecule has 0 saturated heterocycles. The quantitative estimate of drug-likeness (QED) is 0.663. The lowest BCUT2D eigenvalue weighted by Gasteiger charge is -2.21. The lowest BCUT2D eigenvalue weighted by atomic mass is 9.86. The number of rotatable bonds is 2. The first kappa shape index (κ1) is 15.1. The number of hydrogen-bond acceptors (Lipinski definition) is 3. The number of hydrogen-bond donors (Lipinski definition) is 1. The highest BCUT2D eigenvalue weighted by atomic mass is 16.5. The Morgan fingerprint density at radius 2 is 1.67 bits per heavy atom. The van der Waals surface area contributed by atoms with Crippen molar-refractivity contribution in [2.45, 2.75) is 33.1 Å². The molecule has 21 heavy (non-hydrogen) atoms. The minimum absolute atomic E-state index is 0.206. The van der Waals surface area contributed by atoms with Crippen LogP contribution in [0.2, 0.25) is 0 Å². The van der Waals surface area contributed by atoms with Crippen LogP contribution in [0.5, 0.6) is 11.5 Å². The number of esters is 1. The van der Waals surface area contributed by atoms with E-state index in [9.17, 15) is 9.90 Å². The smallest absolute Gasteiger partial charge is 0.343 e. The molecular weight excluding hydrogens is 264 g/mol. The van der Waals surface area contributed by atoms with E-state index in [2.05, 4.69) is 0 Å². The lowest BCUT2D eigenvalue weighted by Crippen LogP contribution is -2.13. The van der Waals surface area contributed by atoms with Gasteiger partial charge in [0, 0.05) is 5.56 Å². The molecule has 0 fully saturated rings. The molecule has 3 heteroatoms. The summed E-state index contributed by atoms with van der Waals surface area (Å²) in [7, 11) is 0. The van der Waals surface area contributed by atoms with Crippen molar-refractivity contribution in [2.24, 2.45) is 0 Å². The Morgan fingerprint density at radius 1 is 1.05 bits per heavy atom. The van der Waals surface area contributed by atoms with E-state index in [0.29, 0.717) is 11.3 Å². The average molecular weight is 284 g/mol. The molecule has 2 aromatic rings. The van der Waals surface area contributed by atoms with Crippen molar-refractivity contribution in [1.29, 1.82) is 0 Å². The molecule has 0 bridgehead atoms. The highest BCUT2D eigenvalue weighted by Crippen LogP contribution is 2.33. The number of phenolic OH excluding ortho intramolecular Hbond substituents is 1. The van der Waals surface area contributed by atoms with Crippen molar-refractivity contribution in [3.8, 4) is 11.5 Å². The van der Waals surface area contributed by atoms with Crippen LogP contribution in [0.4, 0.5) is 0 Å². The molecule has 110 valence electrons. The molecule has 0 heterocycles. The molecule has 2 aromatic carbocycles. The maximum absolute atomic E-state index is 12.1. The van der Waals surface area contributed by atoms with Crippen LogP contribution in [-0.2, 0) is 5.41 Å². The largest absolute Gasteiger partial charge is 0.508 e. The first-order valence-corrected chi connectivity index (χ1v) is 6.90. The first-order valence-electron chi connectivity index (χ1n) is 6.90. The van der Waals surface area contributed by atoms with Crippen LogP contribution in [0.15, 0.2) is 42.5 Å². The second-order valence-electron chi connectivity index (χ2n) is 6.18. The summed E-state index contributed by atoms with van der Waals surface area (Å²) in [6, 6.07) is 12.1. The molecule has 0 radical (unpaired) electrons. The number of benzene rings is 2. The molecule has 0 spiro atoms. The van der Waals surface area contributed by atoms with E-state index in [4.69, 9.17) is 4.74 Å². The molecule has 0 aliphatic heterocycles. The maximum atomic E-state index is 12.1. The molecule has 0 saturated carbocycles. The van der Waals surface area contributed by atoms with Crippen molar-refractivity contribution in [3.05, 3.63) is 59.2 Å². The van der Waals surface area contributed by atoms with Gasteiger partial charge in [0.1, 0.15) is 11.5 Å². The van der Waals surface area contributed by atoms with Gasteiger partial charge in [0.15, 0.2) is 0 Å². The molecule has 1 N–H and O–H groups in total. The van der Waals surface area contributed by atoms with Gasteiger partial charge in [-0.05, 0) is 42.7 Å². The predicted octanol–water partition coefficient (Wildman–Crippen LogP) is 4.22. The van der Waals surface area contributed by atoms with Gasteiger partial charge in [-0.25, -0.2) is 4.79 Å². The SMILES string of the molecule is Cc1ccc(C(=O)Oc2ccc(O)c(C(C)(C)C)c2)cc1. The third kappa shape index (κ3) is 3.63. The third-order valence-electron chi connectivity index (χ3n) is 3.27. The first-order chi connectivity index (χ1) is 9.77. The fourth-order valence-corrected chi connectivity index (χ4v) is 2.03. The van der Waals surface area contributed by atoms with Crippen molar-refractivity contribution >= 4 is 5.97 Å². The number of aryl methyl sites for hydroxylation is 1. The highest BCUT2D eigenvalue weighted by molar-refractivity contribution is 5.91. The molecule has 2 rings (SSSR count). The van der Waals surface area contributed by atoms with Gasteiger partial charge in [-0.1, -0.05) is 38.5 Å². The van der Waals surface area contributed by atoms with E-state index in [0.717, 1.165) is 11.1 Å². The maximum Gasteiger partial charge on any atom is 0.343 e. The Bertz CT molecular complexity index is 649. The Hall–Kier alpha value is -2.29. The molecule has 0 aliphatic carbocycles. The van der Waals surface area contributed by atoms with Gasteiger partial charge in [-0.3, -0.25) is 0 Å². The summed E-state index contributed by atoms with van der Waals surface area (Å²) < 4.78 is 5.38. The zero-order valence-electron chi connectivity index (χ0n) is 12.8. The second-order valence-corrected chi connectivity index (χ2v) is 6.18. The van der Waals surface area contributed by atoms with Gasteiger partial charge in [0.05, 0.1) is 5.56 Å². The molecule has 0 unspecified atom stereocenters. The fourth-order valence-electron chi connectivity index (χ4n) is 2.03. The van der Waals surface area contributed by atoms with Crippen molar-refractivity contribution in [3.63, 3.8) is 0 Å². The standard InChI is InChI=1S/C18H20O3/c1-12-5-7-13(8-6-12)17(20)21-14-9-10-16(19)15(11-14)18(2,3)4/h5-11,19H,1-4H3. The van der Waals surface area contributed by atoms with E-state index in [1.807, 2.05) is 39.8 Å². The number of aromatic hydroxyl groups is 1. The number of phenols is 1. The van der Waals surface area contributed by atoms with Crippen molar-refractivity contribution < 1.29 is 14.6 Å². The van der Waals surface area contributed by atoms with Gasteiger partial charge in [0.25, 0.3) is 0 Å². The summed E-state index contributed by atoms with van der Waals surface area (Å²) >= 11 is 0. The summed E-state index contributed by atoms with van der Waals surface area (Å²) in [4.78, 5) is 12.1. The van der Waals surface area contributed by atoms with Crippen LogP contribution in [0.25, 0.3) is 0 Å². The van der Waals surface area contributed by atoms with Gasteiger partial charge >= 0.3 is 5.97 Å². The monoisotopic (exact) mass is 284 g/mol. The Labute approximate surface area is 125 Å². The molecule has 0 amide bonds. The lowest BCUT2D eigenvalue weighted by molar-refractivity contribution is 0.0734. The molecular formula is C18H20O3. The topological polar surface area (TPSA) is 46.5 Å². The van der Waals surface area contributed by atoms with Gasteiger partial charge in [-0.2, -0.15) is 0 Å². The Kier molecular flexibility index (Phi) is 4.03. The summed E-state index contributed by atoms with van der Waals surface area (Å²) in [5, 5.41) is 9.91. The average Bonchev–Trinajstić information content (AvgIpc) is 2.40. The molecule has 0 aliphatic rings. The number of carbonyl (C=O) groups excluding carboxylic acids is 1. The minimum Gasteiger partial charge on any atom is -0.508 e. The molecule has 0 atom stereocenters. The van der Waals surface area contributed by atoms with Crippen LogP contribution in [0.3, 0.4) is 0 Å². The van der Waals surface area contributed by atoms with Crippen LogP contribution in [0.1, 0.15) is 42.3 Å². The number of carbonyl (C=O) groups is 1. The summed E-state index contributed by atoms with van der Waals surface area (Å²) in [6.07, 6.45) is 0. The van der Waals surface area contributed by atoms with Gasteiger partial charge < -0.3 is 9.84 Å². The summed E-state index contributed by atoms with van der Waals surface area (Å²) in [6.45, 7) is 7.94. The zero-order chi connectivity index (χ0) is 15.6. The van der Waals surface area contributed by atoms with Gasteiger partial charge in [0.2, 0.25) is 0 Å². The Balaban J connectivity index is 2.24. The Morgan fingerprint density at radius 3 is 2.24 bits per heavy atom. The molecule has 3 nitrogen and oxygen atoms in total. The van der Waals surface area contributed by atoms with Crippen molar-refractivity contribution in [2.75, 3.05) is 0 Å². The van der Waals surface area contributed by atoms with E-state index in [1.165, 1.54) is 0 Å². The van der Waals surface area contributed by atoms with E-state index in [1.54, 1.807) is 30.3 Å².